The zero-order chi connectivity index (χ0) is 14.7. The van der Waals surface area contributed by atoms with Crippen molar-refractivity contribution in [2.45, 2.75) is 13.5 Å². The molecule has 0 aliphatic heterocycles. The van der Waals surface area contributed by atoms with Crippen molar-refractivity contribution < 1.29 is 14.0 Å². The fraction of sp³-hybridized carbons (Fsp3) is 0.118. The van der Waals surface area contributed by atoms with Gasteiger partial charge in [-0.3, -0.25) is 9.63 Å². The van der Waals surface area contributed by atoms with Gasteiger partial charge >= 0.3 is 5.91 Å². The zero-order valence-corrected chi connectivity index (χ0v) is 11.6. The summed E-state index contributed by atoms with van der Waals surface area (Å²) < 4.78 is 5.50. The molecule has 0 aliphatic rings. The van der Waals surface area contributed by atoms with E-state index in [0.717, 1.165) is 16.5 Å². The number of rotatable bonds is 4. The lowest BCUT2D eigenvalue weighted by Crippen LogP contribution is -2.22. The largest absolute Gasteiger partial charge is 0.451 e. The lowest BCUT2D eigenvalue weighted by atomic mass is 10.2. The summed E-state index contributed by atoms with van der Waals surface area (Å²) in [4.78, 5) is 17.2. The molecule has 1 aromatic heterocycles. The molecule has 0 radical (unpaired) electrons. The summed E-state index contributed by atoms with van der Waals surface area (Å²) in [5, 5.41) is 0.906. The summed E-state index contributed by atoms with van der Waals surface area (Å²) in [6, 6.07) is 17.1. The van der Waals surface area contributed by atoms with E-state index in [2.05, 4.69) is 5.48 Å². The second-order valence-corrected chi connectivity index (χ2v) is 4.86. The molecule has 0 bridgehead atoms. The summed E-state index contributed by atoms with van der Waals surface area (Å²) in [6.45, 7) is 2.31. The third-order valence-corrected chi connectivity index (χ3v) is 3.14. The molecule has 21 heavy (non-hydrogen) atoms. The van der Waals surface area contributed by atoms with Crippen LogP contribution in [0.25, 0.3) is 11.0 Å². The Morgan fingerprint density at radius 2 is 1.95 bits per heavy atom. The molecular weight excluding hydrogens is 266 g/mol. The van der Waals surface area contributed by atoms with Gasteiger partial charge in [0.25, 0.3) is 0 Å². The molecule has 4 heteroatoms. The number of hydroxylamine groups is 1. The number of carbonyl (C=O) groups excluding carboxylic acids is 1. The van der Waals surface area contributed by atoms with Gasteiger partial charge in [0.05, 0.1) is 6.61 Å². The maximum Gasteiger partial charge on any atom is 0.310 e. The highest BCUT2D eigenvalue weighted by Crippen LogP contribution is 2.20. The lowest BCUT2D eigenvalue weighted by molar-refractivity contribution is 0.0214. The Kier molecular flexibility index (Phi) is 3.71. The molecule has 4 nitrogen and oxygen atoms in total. The van der Waals surface area contributed by atoms with Crippen LogP contribution in [0.1, 0.15) is 21.7 Å². The smallest absolute Gasteiger partial charge is 0.310 e. The first-order valence-electron chi connectivity index (χ1n) is 6.68. The number of amides is 1. The predicted molar refractivity (Wildman–Crippen MR) is 79.6 cm³/mol. The van der Waals surface area contributed by atoms with Gasteiger partial charge in [-0.2, -0.15) is 0 Å². The molecule has 1 N–H and O–H groups in total. The number of nitrogens with one attached hydrogen (secondary N) is 1. The molecule has 1 amide bonds. The third-order valence-electron chi connectivity index (χ3n) is 3.14. The van der Waals surface area contributed by atoms with Crippen LogP contribution in [-0.4, -0.2) is 5.91 Å². The molecule has 0 unspecified atom stereocenters. The van der Waals surface area contributed by atoms with E-state index in [1.807, 2.05) is 55.5 Å². The van der Waals surface area contributed by atoms with E-state index in [-0.39, 0.29) is 11.7 Å². The summed E-state index contributed by atoms with van der Waals surface area (Å²) in [7, 11) is 0. The van der Waals surface area contributed by atoms with Crippen molar-refractivity contribution in [1.29, 1.82) is 0 Å². The minimum absolute atomic E-state index is 0.240. The summed E-state index contributed by atoms with van der Waals surface area (Å²) in [5.74, 6) is -0.150. The molecule has 3 aromatic rings. The highest BCUT2D eigenvalue weighted by Gasteiger charge is 2.12. The van der Waals surface area contributed by atoms with Crippen LogP contribution in [0.4, 0.5) is 0 Å². The molecule has 106 valence electrons. The maximum absolute atomic E-state index is 12.0. The minimum Gasteiger partial charge on any atom is -0.451 e. The van der Waals surface area contributed by atoms with Gasteiger partial charge in [0, 0.05) is 5.39 Å². The van der Waals surface area contributed by atoms with Gasteiger partial charge in [0.15, 0.2) is 5.76 Å². The standard InChI is InChI=1S/C17H15NO3/c1-12-7-8-15-14(9-12)10-16(21-15)17(19)18-20-11-13-5-3-2-4-6-13/h2-10H,11H2,1H3,(H,18,19). The Bertz CT molecular complexity index is 762. The van der Waals surface area contributed by atoms with Gasteiger partial charge in [-0.05, 0) is 30.7 Å². The number of benzene rings is 2. The van der Waals surface area contributed by atoms with Crippen LogP contribution < -0.4 is 5.48 Å². The normalized spacial score (nSPS) is 10.7. The summed E-state index contributed by atoms with van der Waals surface area (Å²) in [6.07, 6.45) is 0. The molecule has 1 heterocycles. The van der Waals surface area contributed by atoms with Crippen molar-refractivity contribution in [3.63, 3.8) is 0 Å². The number of hydrogen-bond acceptors (Lipinski definition) is 3. The molecular formula is C17H15NO3. The van der Waals surface area contributed by atoms with Crippen molar-refractivity contribution in [1.82, 2.24) is 5.48 Å². The van der Waals surface area contributed by atoms with Crippen LogP contribution >= 0.6 is 0 Å². The molecule has 0 spiro atoms. The van der Waals surface area contributed by atoms with E-state index in [1.165, 1.54) is 0 Å². The molecule has 0 atom stereocenters. The molecule has 0 saturated carbocycles. The number of furan rings is 1. The van der Waals surface area contributed by atoms with E-state index in [1.54, 1.807) is 6.07 Å². The number of hydrogen-bond donors (Lipinski definition) is 1. The van der Waals surface area contributed by atoms with Gasteiger partial charge in [-0.15, -0.1) is 0 Å². The Labute approximate surface area is 122 Å². The second-order valence-electron chi connectivity index (χ2n) is 4.86. The third kappa shape index (κ3) is 3.12. The van der Waals surface area contributed by atoms with E-state index in [0.29, 0.717) is 12.2 Å². The first-order chi connectivity index (χ1) is 10.2. The van der Waals surface area contributed by atoms with Crippen LogP contribution in [0.3, 0.4) is 0 Å². The molecule has 0 saturated heterocycles. The topological polar surface area (TPSA) is 51.5 Å². The number of carbonyl (C=O) groups is 1. The molecule has 0 fully saturated rings. The van der Waals surface area contributed by atoms with Gasteiger partial charge in [0.2, 0.25) is 0 Å². The van der Waals surface area contributed by atoms with Crippen LogP contribution in [-0.2, 0) is 11.4 Å². The average molecular weight is 281 g/mol. The second kappa shape index (κ2) is 5.81. The molecule has 3 rings (SSSR count). The Morgan fingerprint density at radius 3 is 2.76 bits per heavy atom. The fourth-order valence-corrected chi connectivity index (χ4v) is 2.08. The van der Waals surface area contributed by atoms with E-state index in [4.69, 9.17) is 9.25 Å². The summed E-state index contributed by atoms with van der Waals surface area (Å²) in [5.41, 5.74) is 5.18. The predicted octanol–water partition coefficient (Wildman–Crippen LogP) is 3.60. The average Bonchev–Trinajstić information content (AvgIpc) is 2.91. The van der Waals surface area contributed by atoms with Crippen LogP contribution in [0.15, 0.2) is 59.0 Å². The van der Waals surface area contributed by atoms with Gasteiger partial charge in [0.1, 0.15) is 5.58 Å². The highest BCUT2D eigenvalue weighted by atomic mass is 16.7. The first-order valence-corrected chi connectivity index (χ1v) is 6.68. The highest BCUT2D eigenvalue weighted by molar-refractivity contribution is 5.95. The Hall–Kier alpha value is -2.59. The number of aryl methyl sites for hydroxylation is 1. The molecule has 2 aromatic carbocycles. The van der Waals surface area contributed by atoms with E-state index in [9.17, 15) is 4.79 Å². The maximum atomic E-state index is 12.0. The van der Waals surface area contributed by atoms with Crippen molar-refractivity contribution in [3.05, 3.63) is 71.5 Å². The van der Waals surface area contributed by atoms with Crippen LogP contribution in [0, 0.1) is 6.92 Å². The zero-order valence-electron chi connectivity index (χ0n) is 11.6. The van der Waals surface area contributed by atoms with E-state index >= 15 is 0 Å². The fourth-order valence-electron chi connectivity index (χ4n) is 2.08. The van der Waals surface area contributed by atoms with Gasteiger partial charge in [-0.25, -0.2) is 5.48 Å². The van der Waals surface area contributed by atoms with Crippen molar-refractivity contribution in [2.24, 2.45) is 0 Å². The first kappa shape index (κ1) is 13.4. The minimum atomic E-state index is -0.389. The Balaban J connectivity index is 1.64. The van der Waals surface area contributed by atoms with Crippen molar-refractivity contribution in [2.75, 3.05) is 0 Å². The Morgan fingerprint density at radius 1 is 1.14 bits per heavy atom. The quantitative estimate of drug-likeness (QED) is 0.743. The number of fused-ring (bicyclic) bond motifs is 1. The van der Waals surface area contributed by atoms with Crippen LogP contribution in [0.2, 0.25) is 0 Å². The molecule has 0 aliphatic carbocycles. The monoisotopic (exact) mass is 281 g/mol. The van der Waals surface area contributed by atoms with Crippen LogP contribution in [0.5, 0.6) is 0 Å². The lowest BCUT2D eigenvalue weighted by Gasteiger charge is -2.03. The van der Waals surface area contributed by atoms with Crippen molar-refractivity contribution >= 4 is 16.9 Å². The van der Waals surface area contributed by atoms with Crippen molar-refractivity contribution in [3.8, 4) is 0 Å². The van der Waals surface area contributed by atoms with Gasteiger partial charge in [-0.1, -0.05) is 42.0 Å². The SMILES string of the molecule is Cc1ccc2oc(C(=O)NOCc3ccccc3)cc2c1. The van der Waals surface area contributed by atoms with E-state index < -0.39 is 0 Å². The van der Waals surface area contributed by atoms with Gasteiger partial charge < -0.3 is 4.42 Å². The summed E-state index contributed by atoms with van der Waals surface area (Å²) >= 11 is 0.